The second-order valence-corrected chi connectivity index (χ2v) is 11.0. The van der Waals surface area contributed by atoms with E-state index in [0.717, 1.165) is 25.0 Å². The van der Waals surface area contributed by atoms with Crippen LogP contribution in [0.25, 0.3) is 33.3 Å². The Bertz CT molecular complexity index is 1850. The van der Waals surface area contributed by atoms with Crippen molar-refractivity contribution < 1.29 is 18.0 Å². The molecule has 1 aliphatic rings. The zero-order valence-electron chi connectivity index (χ0n) is 22.0. The third-order valence-electron chi connectivity index (χ3n) is 7.38. The van der Waals surface area contributed by atoms with Crippen LogP contribution in [0.2, 0.25) is 0 Å². The Hall–Kier alpha value is -4.89. The van der Waals surface area contributed by atoms with Crippen molar-refractivity contribution in [3.63, 3.8) is 0 Å². The first-order valence-corrected chi connectivity index (χ1v) is 14.1. The van der Waals surface area contributed by atoms with Gasteiger partial charge in [-0.1, -0.05) is 30.3 Å². The van der Waals surface area contributed by atoms with E-state index in [1.165, 1.54) is 17.5 Å². The smallest absolute Gasteiger partial charge is 0.271 e. The van der Waals surface area contributed by atoms with E-state index >= 15 is 4.39 Å². The van der Waals surface area contributed by atoms with Crippen molar-refractivity contribution in [1.29, 1.82) is 5.26 Å². The highest BCUT2D eigenvalue weighted by Gasteiger charge is 2.29. The number of nitrogens with zero attached hydrogens (tertiary/aromatic N) is 3. The number of nitrogens with two attached hydrogens (primary N) is 1. The third-order valence-corrected chi connectivity index (χ3v) is 8.05. The third kappa shape index (κ3) is 5.14. The van der Waals surface area contributed by atoms with Gasteiger partial charge in [0.1, 0.15) is 23.4 Å². The van der Waals surface area contributed by atoms with Gasteiger partial charge in [-0.25, -0.2) is 23.1 Å². The van der Waals surface area contributed by atoms with Crippen LogP contribution in [-0.2, 0) is 0 Å². The maximum absolute atomic E-state index is 16.3. The molecular formula is C30H24F3N7OS. The van der Waals surface area contributed by atoms with E-state index in [1.807, 2.05) is 0 Å². The number of anilines is 2. The summed E-state index contributed by atoms with van der Waals surface area (Å²) in [4.78, 5) is 24.0. The normalized spacial score (nSPS) is 16.7. The van der Waals surface area contributed by atoms with Gasteiger partial charge in [0, 0.05) is 46.2 Å². The van der Waals surface area contributed by atoms with Gasteiger partial charge in [0.05, 0.1) is 16.8 Å². The summed E-state index contributed by atoms with van der Waals surface area (Å²) in [5, 5.41) is 18.4. The van der Waals surface area contributed by atoms with Crippen molar-refractivity contribution in [2.75, 3.05) is 11.1 Å². The van der Waals surface area contributed by atoms with Crippen LogP contribution in [0.15, 0.2) is 54.0 Å². The molecule has 12 heteroatoms. The quantitative estimate of drug-likeness (QED) is 0.182. The van der Waals surface area contributed by atoms with Crippen molar-refractivity contribution in [2.45, 2.75) is 37.8 Å². The van der Waals surface area contributed by atoms with Crippen LogP contribution in [0.1, 0.15) is 41.7 Å². The fraction of sp³-hybridized carbons (Fsp3) is 0.200. The van der Waals surface area contributed by atoms with Gasteiger partial charge in [-0.3, -0.25) is 4.79 Å². The molecule has 1 saturated carbocycles. The van der Waals surface area contributed by atoms with Crippen LogP contribution in [0.4, 0.5) is 24.1 Å². The van der Waals surface area contributed by atoms with Gasteiger partial charge in [-0.15, -0.1) is 11.3 Å². The molecule has 0 saturated heterocycles. The number of hydrogen-bond donors (Lipinski definition) is 4. The number of carbonyl (C=O) groups excluding carboxylic acids is 1. The monoisotopic (exact) mass is 587 g/mol. The lowest BCUT2D eigenvalue weighted by atomic mass is 9.90. The number of rotatable bonds is 6. The number of aromatic nitrogens is 3. The first-order valence-electron chi connectivity index (χ1n) is 13.3. The van der Waals surface area contributed by atoms with Crippen LogP contribution >= 0.6 is 11.3 Å². The molecule has 5 aromatic rings. The van der Waals surface area contributed by atoms with E-state index < -0.39 is 17.5 Å². The molecule has 0 radical (unpaired) electrons. The number of pyridine rings is 1. The first kappa shape index (κ1) is 27.3. The van der Waals surface area contributed by atoms with E-state index in [9.17, 15) is 18.8 Å². The number of thiazole rings is 1. The molecule has 0 unspecified atom stereocenters. The second-order valence-electron chi connectivity index (χ2n) is 10.1. The highest BCUT2D eigenvalue weighted by atomic mass is 32.1. The molecule has 5 N–H and O–H groups in total. The summed E-state index contributed by atoms with van der Waals surface area (Å²) in [5.74, 6) is -2.74. The summed E-state index contributed by atoms with van der Waals surface area (Å²) in [6, 6.07) is 12.1. The lowest BCUT2D eigenvalue weighted by Crippen LogP contribution is -2.42. The fourth-order valence-electron chi connectivity index (χ4n) is 5.49. The maximum atomic E-state index is 16.3. The molecule has 3 aromatic heterocycles. The number of halogens is 3. The molecule has 2 aromatic carbocycles. The average Bonchev–Trinajstić information content (AvgIpc) is 3.61. The van der Waals surface area contributed by atoms with Crippen molar-refractivity contribution in [1.82, 2.24) is 20.3 Å². The molecular weight excluding hydrogens is 563 g/mol. The standard InChI is InChI=1S/C30H24F3N7OS/c31-16-9-19-21(13-36-27(19)22(32)10-16)26-20(12-34)24(15-5-2-1-3-6-15)25(33)28(40-26)37-17-7-4-8-18(11-17)38-29(41)23-14-42-30(35)39-23/h1-3,5-6,9-10,13-14,17-18,36H,4,7-8,11H2,(H2,35,39)(H,37,40)(H,38,41)/t17-,18+/m0/s1. The molecule has 0 spiro atoms. The summed E-state index contributed by atoms with van der Waals surface area (Å²) < 4.78 is 45.0. The Labute approximate surface area is 242 Å². The van der Waals surface area contributed by atoms with Gasteiger partial charge in [0.2, 0.25) is 0 Å². The lowest BCUT2D eigenvalue weighted by molar-refractivity contribution is 0.0922. The molecule has 3 heterocycles. The molecule has 1 fully saturated rings. The topological polar surface area (TPSA) is 133 Å². The summed E-state index contributed by atoms with van der Waals surface area (Å²) in [5.41, 5.74) is 6.70. The summed E-state index contributed by atoms with van der Waals surface area (Å²) >= 11 is 1.18. The minimum atomic E-state index is -0.797. The number of nitriles is 1. The summed E-state index contributed by atoms with van der Waals surface area (Å²) in [6.45, 7) is 0. The van der Waals surface area contributed by atoms with E-state index in [0.29, 0.717) is 23.5 Å². The Balaban J connectivity index is 1.39. The number of amides is 1. The van der Waals surface area contributed by atoms with Gasteiger partial charge in [0.25, 0.3) is 5.91 Å². The van der Waals surface area contributed by atoms with E-state index in [-0.39, 0.29) is 62.8 Å². The second kappa shape index (κ2) is 11.2. The molecule has 42 heavy (non-hydrogen) atoms. The highest BCUT2D eigenvalue weighted by Crippen LogP contribution is 2.39. The first-order chi connectivity index (χ1) is 20.3. The minimum Gasteiger partial charge on any atom is -0.375 e. The van der Waals surface area contributed by atoms with Gasteiger partial charge < -0.3 is 21.4 Å². The Morgan fingerprint density at radius 2 is 1.90 bits per heavy atom. The molecule has 0 bridgehead atoms. The molecule has 212 valence electrons. The fourth-order valence-corrected chi connectivity index (χ4v) is 6.03. The van der Waals surface area contributed by atoms with Gasteiger partial charge in [-0.2, -0.15) is 5.26 Å². The molecule has 1 aliphatic carbocycles. The van der Waals surface area contributed by atoms with Crippen molar-refractivity contribution in [3.8, 4) is 28.5 Å². The van der Waals surface area contributed by atoms with Gasteiger partial charge in [0.15, 0.2) is 16.8 Å². The number of carbonyl (C=O) groups is 1. The van der Waals surface area contributed by atoms with Crippen molar-refractivity contribution in [3.05, 3.63) is 82.8 Å². The zero-order valence-corrected chi connectivity index (χ0v) is 22.9. The SMILES string of the molecule is N#Cc1c(-c2c[nH]c3c(F)cc(F)cc23)nc(N[C@H]2CCC[C@@H](NC(=O)c3csc(N)n3)C2)c(F)c1-c1ccccc1. The number of benzene rings is 2. The number of nitrogen functional groups attached to an aromatic ring is 1. The predicted octanol–water partition coefficient (Wildman–Crippen LogP) is 6.38. The summed E-state index contributed by atoms with van der Waals surface area (Å²) in [6.07, 6.45) is 4.12. The predicted molar refractivity (Wildman–Crippen MR) is 155 cm³/mol. The van der Waals surface area contributed by atoms with Crippen LogP contribution in [0, 0.1) is 28.8 Å². The number of hydrogen-bond acceptors (Lipinski definition) is 7. The Morgan fingerprint density at radius 3 is 2.64 bits per heavy atom. The summed E-state index contributed by atoms with van der Waals surface area (Å²) in [7, 11) is 0. The Morgan fingerprint density at radius 1 is 1.12 bits per heavy atom. The maximum Gasteiger partial charge on any atom is 0.271 e. The highest BCUT2D eigenvalue weighted by molar-refractivity contribution is 7.13. The molecule has 2 atom stereocenters. The Kier molecular flexibility index (Phi) is 7.26. The van der Waals surface area contributed by atoms with Crippen molar-refractivity contribution in [2.24, 2.45) is 0 Å². The van der Waals surface area contributed by atoms with E-state index in [4.69, 9.17) is 5.73 Å². The van der Waals surface area contributed by atoms with Crippen LogP contribution < -0.4 is 16.4 Å². The zero-order chi connectivity index (χ0) is 29.4. The number of H-pyrrole nitrogens is 1. The average molecular weight is 588 g/mol. The van der Waals surface area contributed by atoms with E-state index in [2.05, 4.69) is 31.7 Å². The number of aromatic amines is 1. The molecule has 0 aliphatic heterocycles. The van der Waals surface area contributed by atoms with Crippen LogP contribution in [-0.4, -0.2) is 32.9 Å². The van der Waals surface area contributed by atoms with Gasteiger partial charge in [-0.05, 0) is 37.3 Å². The van der Waals surface area contributed by atoms with Gasteiger partial charge >= 0.3 is 0 Å². The van der Waals surface area contributed by atoms with Crippen LogP contribution in [0.5, 0.6) is 0 Å². The largest absolute Gasteiger partial charge is 0.375 e. The molecule has 1 amide bonds. The molecule has 8 nitrogen and oxygen atoms in total. The van der Waals surface area contributed by atoms with E-state index in [1.54, 1.807) is 35.7 Å². The number of fused-ring (bicyclic) bond motifs is 1. The molecule has 6 rings (SSSR count). The number of nitrogens with one attached hydrogen (secondary N) is 3. The van der Waals surface area contributed by atoms with Crippen LogP contribution in [0.3, 0.4) is 0 Å². The van der Waals surface area contributed by atoms with Crippen molar-refractivity contribution >= 4 is 39.1 Å². The minimum absolute atomic E-state index is 0.0265. The lowest BCUT2D eigenvalue weighted by Gasteiger charge is -2.31.